The fourth-order valence-electron chi connectivity index (χ4n) is 6.15. The van der Waals surface area contributed by atoms with Crippen molar-refractivity contribution < 1.29 is 27.2 Å². The summed E-state index contributed by atoms with van der Waals surface area (Å²) in [6, 6.07) is 46.8. The van der Waals surface area contributed by atoms with Crippen LogP contribution in [-0.4, -0.2) is 23.2 Å². The molecule has 255 valence electrons. The molecule has 3 heterocycles. The van der Waals surface area contributed by atoms with E-state index in [-0.39, 0.29) is 25.7 Å². The summed E-state index contributed by atoms with van der Waals surface area (Å²) >= 11 is -0.0984. The van der Waals surface area contributed by atoms with Gasteiger partial charge in [-0.15, -0.1) is 23.8 Å². The van der Waals surface area contributed by atoms with Crippen LogP contribution in [0.4, 0.5) is 4.39 Å². The molecule has 0 bridgehead atoms. The number of halogens is 1. The van der Waals surface area contributed by atoms with E-state index in [0.29, 0.717) is 11.3 Å². The maximum Gasteiger partial charge on any atom is 0.126 e. The summed E-state index contributed by atoms with van der Waals surface area (Å²) < 4.78 is 35.4. The number of pyridine rings is 2. The molecule has 6 heteroatoms. The van der Waals surface area contributed by atoms with Crippen LogP contribution < -0.4 is 4.40 Å². The molecule has 0 atom stereocenters. The molecule has 0 amide bonds. The number of hydrogen-bond acceptors (Lipinski definition) is 3. The number of nitrogens with zero attached hydrogens (tertiary/aromatic N) is 2. The summed E-state index contributed by atoms with van der Waals surface area (Å²) in [6.07, 6.45) is 1.66. The molecule has 8 aromatic rings. The van der Waals surface area contributed by atoms with Crippen LogP contribution in [-0.2, 0) is 26.5 Å². The van der Waals surface area contributed by atoms with E-state index in [9.17, 15) is 4.39 Å². The average molecular weight is 924 g/mol. The van der Waals surface area contributed by atoms with Crippen molar-refractivity contribution in [1.82, 2.24) is 9.97 Å². The molecule has 3 aromatic heterocycles. The van der Waals surface area contributed by atoms with E-state index in [1.165, 1.54) is 37.7 Å². The first-order valence-electron chi connectivity index (χ1n) is 17.6. The minimum Gasteiger partial charge on any atom is -0.305 e. The maximum atomic E-state index is 14.4. The SMILES string of the molecule is Cc1cc(-c2[c-]cccc2)nc[c]1[Ge]([CH3])([CH3])[CH3].[2H]C([2H])(c1ccnc(-c2[c-]ccc3c2sc2ccc(-c4ccccc4)cc23)c1)c1ccccc1F.[Ir]. The Kier molecular flexibility index (Phi) is 10.6. The van der Waals surface area contributed by atoms with E-state index < -0.39 is 25.5 Å². The average Bonchev–Trinajstić information content (AvgIpc) is 3.54. The van der Waals surface area contributed by atoms with E-state index in [1.54, 1.807) is 41.8 Å². The van der Waals surface area contributed by atoms with Gasteiger partial charge in [-0.05, 0) is 68.7 Å². The number of aromatic nitrogens is 2. The molecule has 0 unspecified atom stereocenters. The zero-order valence-corrected chi connectivity index (χ0v) is 34.1. The predicted molar refractivity (Wildman–Crippen MR) is 212 cm³/mol. The maximum absolute atomic E-state index is 14.4. The van der Waals surface area contributed by atoms with Gasteiger partial charge in [0.1, 0.15) is 5.82 Å². The van der Waals surface area contributed by atoms with Gasteiger partial charge in [0.25, 0.3) is 0 Å². The first-order valence-corrected chi connectivity index (χ1v) is 24.8. The molecule has 2 nitrogen and oxygen atoms in total. The first kappa shape index (κ1) is 33.9. The van der Waals surface area contributed by atoms with Crippen molar-refractivity contribution >= 4 is 49.2 Å². The number of thiophene rings is 1. The Bertz CT molecular complexity index is 2520. The van der Waals surface area contributed by atoms with Crippen LogP contribution in [0.5, 0.6) is 0 Å². The molecule has 0 aliphatic carbocycles. The molecule has 0 aliphatic heterocycles. The van der Waals surface area contributed by atoms with Crippen LogP contribution in [0.25, 0.3) is 53.8 Å². The Morgan fingerprint density at radius 2 is 1.53 bits per heavy atom. The quantitative estimate of drug-likeness (QED) is 0.123. The molecule has 0 fully saturated rings. The van der Waals surface area contributed by atoms with E-state index in [1.807, 2.05) is 42.5 Å². The van der Waals surface area contributed by atoms with Crippen molar-refractivity contribution in [1.29, 1.82) is 0 Å². The van der Waals surface area contributed by atoms with Crippen LogP contribution in [0, 0.1) is 24.9 Å². The molecule has 0 spiro atoms. The molecule has 0 saturated carbocycles. The van der Waals surface area contributed by atoms with Gasteiger partial charge in [0.2, 0.25) is 0 Å². The minimum atomic E-state index is -2.00. The molecule has 0 aliphatic rings. The molecule has 0 saturated heterocycles. The van der Waals surface area contributed by atoms with Crippen LogP contribution in [0.1, 0.15) is 19.4 Å². The molecule has 5 aromatic carbocycles. The van der Waals surface area contributed by atoms with Crippen molar-refractivity contribution in [3.05, 3.63) is 174 Å². The number of hydrogen-bond donors (Lipinski definition) is 0. The third-order valence-corrected chi connectivity index (χ3v) is 14.3. The Morgan fingerprint density at radius 3 is 2.27 bits per heavy atom. The van der Waals surface area contributed by atoms with Crippen molar-refractivity contribution in [2.24, 2.45) is 0 Å². The zero-order valence-electron chi connectivity index (χ0n) is 30.8. The van der Waals surface area contributed by atoms with Crippen molar-refractivity contribution in [2.75, 3.05) is 0 Å². The van der Waals surface area contributed by atoms with Gasteiger partial charge in [0.05, 0.1) is 0 Å². The van der Waals surface area contributed by atoms with Crippen LogP contribution >= 0.6 is 11.3 Å². The smallest absolute Gasteiger partial charge is 0.126 e. The summed E-state index contributed by atoms with van der Waals surface area (Å²) in [6.45, 7) is 2.19. The first-order chi connectivity index (χ1) is 25.0. The second-order valence-corrected chi connectivity index (χ2v) is 24.8. The third-order valence-electron chi connectivity index (χ3n) is 8.61. The van der Waals surface area contributed by atoms with Gasteiger partial charge < -0.3 is 4.98 Å². The summed E-state index contributed by atoms with van der Waals surface area (Å²) in [7, 11) is 0. The van der Waals surface area contributed by atoms with Crippen LogP contribution in [0.2, 0.25) is 17.3 Å². The van der Waals surface area contributed by atoms with Crippen molar-refractivity contribution in [3.63, 3.8) is 0 Å². The summed E-state index contributed by atoms with van der Waals surface area (Å²) in [5, 5.41) is 2.28. The Morgan fingerprint density at radius 1 is 0.745 bits per heavy atom. The Balaban J connectivity index is 0.000000226. The van der Waals surface area contributed by atoms with Gasteiger partial charge in [-0.3, -0.25) is 0 Å². The second kappa shape index (κ2) is 16.0. The largest absolute Gasteiger partial charge is 0.305 e. The fraction of sp³-hybridized carbons (Fsp3) is 0.111. The molecule has 0 N–H and O–H groups in total. The fourth-order valence-corrected chi connectivity index (χ4v) is 10.9. The number of aryl methyl sites for hydroxylation is 1. The summed E-state index contributed by atoms with van der Waals surface area (Å²) in [5.74, 6) is 6.64. The number of rotatable bonds is 6. The normalized spacial score (nSPS) is 12.0. The summed E-state index contributed by atoms with van der Waals surface area (Å²) in [5.41, 5.74) is 7.59. The number of benzene rings is 5. The molecular formula is C45H37FGeIrN2S-2. The van der Waals surface area contributed by atoms with Crippen molar-refractivity contribution in [2.45, 2.75) is 30.6 Å². The van der Waals surface area contributed by atoms with E-state index in [4.69, 9.17) is 2.74 Å². The second-order valence-electron chi connectivity index (χ2n) is 13.2. The van der Waals surface area contributed by atoms with Gasteiger partial charge in [-0.2, -0.15) is 11.3 Å². The van der Waals surface area contributed by atoms with Gasteiger partial charge in [0, 0.05) is 33.7 Å². The van der Waals surface area contributed by atoms with Gasteiger partial charge in [-0.25, -0.2) is 4.39 Å². The van der Waals surface area contributed by atoms with E-state index >= 15 is 0 Å². The number of fused-ring (bicyclic) bond motifs is 3. The third kappa shape index (κ3) is 8.29. The van der Waals surface area contributed by atoms with Gasteiger partial charge in [-0.1, -0.05) is 66.0 Å². The van der Waals surface area contributed by atoms with Gasteiger partial charge >= 0.3 is 106 Å². The summed E-state index contributed by atoms with van der Waals surface area (Å²) in [4.78, 5) is 9.13. The Labute approximate surface area is 323 Å². The zero-order chi connectivity index (χ0) is 36.5. The van der Waals surface area contributed by atoms with Crippen LogP contribution in [0.3, 0.4) is 0 Å². The van der Waals surface area contributed by atoms with E-state index in [2.05, 4.69) is 101 Å². The van der Waals surface area contributed by atoms with Crippen LogP contribution in [0.15, 0.2) is 140 Å². The molecule has 8 rings (SSSR count). The standard InChI is InChI=1S/C30H19FNS.C15H18GeN.Ir/c31-27-12-5-4-9-23(27)17-20-15-16-32-28(18-20)25-11-6-10-24-26-19-22(21-7-2-1-3-8-21)13-14-29(26)33-30(24)25;1-12-10-15(13-8-6-5-7-9-13)17-11-14(12)16(2,3)4;/h1-10,12-16,18-19H,17H2;5-8,10-11H,1-4H3;/q2*-1;/i17D2;;. The Hall–Kier alpha value is -4.26. The van der Waals surface area contributed by atoms with Crippen molar-refractivity contribution in [3.8, 4) is 33.6 Å². The molecular weight excluding hydrogens is 884 g/mol. The monoisotopic (exact) mass is 925 g/mol. The predicted octanol–water partition coefficient (Wildman–Crippen LogP) is 11.7. The van der Waals surface area contributed by atoms with Gasteiger partial charge in [0.15, 0.2) is 0 Å². The van der Waals surface area contributed by atoms with E-state index in [0.717, 1.165) is 32.5 Å². The molecule has 1 radical (unpaired) electrons. The minimum absolute atomic E-state index is 0. The molecule has 51 heavy (non-hydrogen) atoms. The topological polar surface area (TPSA) is 25.8 Å².